The Labute approximate surface area is 83.7 Å². The van der Waals surface area contributed by atoms with E-state index in [2.05, 4.69) is 22.2 Å². The van der Waals surface area contributed by atoms with Crippen LogP contribution in [0.5, 0.6) is 0 Å². The molecule has 14 heavy (non-hydrogen) atoms. The second-order valence-electron chi connectivity index (χ2n) is 3.54. The minimum absolute atomic E-state index is 0.425. The number of aryl methyl sites for hydroxylation is 2. The zero-order chi connectivity index (χ0) is 9.97. The van der Waals surface area contributed by atoms with Gasteiger partial charge in [0.25, 0.3) is 0 Å². The summed E-state index contributed by atoms with van der Waals surface area (Å²) in [6.45, 7) is 5.61. The molecule has 1 aliphatic heterocycles. The summed E-state index contributed by atoms with van der Waals surface area (Å²) in [4.78, 5) is 8.72. The van der Waals surface area contributed by atoms with E-state index in [1.807, 2.05) is 13.0 Å². The van der Waals surface area contributed by atoms with Crippen molar-refractivity contribution >= 4 is 5.82 Å². The van der Waals surface area contributed by atoms with Crippen LogP contribution in [-0.4, -0.2) is 29.2 Å². The van der Waals surface area contributed by atoms with E-state index in [1.54, 1.807) is 0 Å². The molecule has 2 rings (SSSR count). The molecule has 0 spiro atoms. The van der Waals surface area contributed by atoms with Gasteiger partial charge in [-0.25, -0.2) is 9.97 Å². The van der Waals surface area contributed by atoms with Crippen molar-refractivity contribution in [2.45, 2.75) is 26.3 Å². The van der Waals surface area contributed by atoms with Gasteiger partial charge in [-0.2, -0.15) is 0 Å². The third-order valence-electron chi connectivity index (χ3n) is 2.21. The molecule has 1 aliphatic rings. The highest BCUT2D eigenvalue weighted by molar-refractivity contribution is 5.37. The van der Waals surface area contributed by atoms with Crippen molar-refractivity contribution in [2.24, 2.45) is 0 Å². The predicted molar refractivity (Wildman–Crippen MR) is 54.4 cm³/mol. The van der Waals surface area contributed by atoms with Gasteiger partial charge in [0, 0.05) is 18.2 Å². The van der Waals surface area contributed by atoms with Crippen LogP contribution in [0.1, 0.15) is 18.4 Å². The van der Waals surface area contributed by atoms with Crippen molar-refractivity contribution < 1.29 is 4.74 Å². The molecule has 0 bridgehead atoms. The number of rotatable bonds is 3. The molecule has 1 aromatic rings. The van der Waals surface area contributed by atoms with Crippen LogP contribution < -0.4 is 5.32 Å². The standard InChI is InChI=1S/C10H15N3O/c1-3-9-11-7(2)4-10(13-9)12-8-5-14-6-8/h4,8H,3,5-6H2,1-2H3,(H,11,12,13). The zero-order valence-corrected chi connectivity index (χ0v) is 8.58. The van der Waals surface area contributed by atoms with Crippen molar-refractivity contribution in [1.29, 1.82) is 0 Å². The third-order valence-corrected chi connectivity index (χ3v) is 2.21. The first kappa shape index (κ1) is 9.40. The van der Waals surface area contributed by atoms with E-state index in [-0.39, 0.29) is 0 Å². The van der Waals surface area contributed by atoms with Crippen LogP contribution in [0.25, 0.3) is 0 Å². The highest BCUT2D eigenvalue weighted by Crippen LogP contribution is 2.11. The average Bonchev–Trinajstić information content (AvgIpc) is 2.10. The Kier molecular flexibility index (Phi) is 2.63. The summed E-state index contributed by atoms with van der Waals surface area (Å²) in [5, 5.41) is 3.32. The molecular weight excluding hydrogens is 178 g/mol. The van der Waals surface area contributed by atoms with Gasteiger partial charge in [0.1, 0.15) is 11.6 Å². The second-order valence-corrected chi connectivity index (χ2v) is 3.54. The van der Waals surface area contributed by atoms with Gasteiger partial charge in [-0.3, -0.25) is 0 Å². The molecule has 4 heteroatoms. The minimum Gasteiger partial charge on any atom is -0.377 e. The highest BCUT2D eigenvalue weighted by atomic mass is 16.5. The van der Waals surface area contributed by atoms with Crippen molar-refractivity contribution in [3.8, 4) is 0 Å². The number of nitrogens with one attached hydrogen (secondary N) is 1. The van der Waals surface area contributed by atoms with Crippen molar-refractivity contribution in [1.82, 2.24) is 9.97 Å². The molecule has 1 fully saturated rings. The Morgan fingerprint density at radius 3 is 2.86 bits per heavy atom. The Morgan fingerprint density at radius 2 is 2.29 bits per heavy atom. The Morgan fingerprint density at radius 1 is 1.50 bits per heavy atom. The van der Waals surface area contributed by atoms with E-state index in [0.717, 1.165) is 37.0 Å². The molecule has 0 radical (unpaired) electrons. The van der Waals surface area contributed by atoms with Crippen LogP contribution in [0.15, 0.2) is 6.07 Å². The summed E-state index contributed by atoms with van der Waals surface area (Å²) >= 11 is 0. The SMILES string of the molecule is CCc1nc(C)cc(NC2COC2)n1. The summed E-state index contributed by atoms with van der Waals surface area (Å²) in [6, 6.07) is 2.39. The number of nitrogens with zero attached hydrogens (tertiary/aromatic N) is 2. The highest BCUT2D eigenvalue weighted by Gasteiger charge is 2.18. The monoisotopic (exact) mass is 193 g/mol. The summed E-state index contributed by atoms with van der Waals surface area (Å²) in [6.07, 6.45) is 0.873. The summed E-state index contributed by atoms with van der Waals surface area (Å²) in [5.41, 5.74) is 1.01. The minimum atomic E-state index is 0.425. The number of aromatic nitrogens is 2. The van der Waals surface area contributed by atoms with E-state index < -0.39 is 0 Å². The Bertz CT molecular complexity index is 323. The van der Waals surface area contributed by atoms with Gasteiger partial charge >= 0.3 is 0 Å². The van der Waals surface area contributed by atoms with Crippen molar-refractivity contribution in [3.05, 3.63) is 17.6 Å². The fourth-order valence-electron chi connectivity index (χ4n) is 1.39. The maximum Gasteiger partial charge on any atom is 0.130 e. The van der Waals surface area contributed by atoms with Crippen LogP contribution >= 0.6 is 0 Å². The fourth-order valence-corrected chi connectivity index (χ4v) is 1.39. The van der Waals surface area contributed by atoms with Gasteiger partial charge in [-0.15, -0.1) is 0 Å². The molecular formula is C10H15N3O. The van der Waals surface area contributed by atoms with E-state index >= 15 is 0 Å². The first-order valence-electron chi connectivity index (χ1n) is 4.96. The van der Waals surface area contributed by atoms with Gasteiger partial charge in [0.05, 0.1) is 19.3 Å². The maximum atomic E-state index is 5.09. The summed E-state index contributed by atoms with van der Waals surface area (Å²) in [7, 11) is 0. The van der Waals surface area contributed by atoms with Crippen molar-refractivity contribution in [3.63, 3.8) is 0 Å². The lowest BCUT2D eigenvalue weighted by molar-refractivity contribution is 0.0209. The molecule has 1 saturated heterocycles. The van der Waals surface area contributed by atoms with Gasteiger partial charge in [0.2, 0.25) is 0 Å². The first-order chi connectivity index (χ1) is 6.78. The van der Waals surface area contributed by atoms with Gasteiger partial charge in [0.15, 0.2) is 0 Å². The van der Waals surface area contributed by atoms with Crippen LogP contribution in [0.4, 0.5) is 5.82 Å². The van der Waals surface area contributed by atoms with Crippen molar-refractivity contribution in [2.75, 3.05) is 18.5 Å². The second kappa shape index (κ2) is 3.92. The van der Waals surface area contributed by atoms with Crippen LogP contribution in [0.3, 0.4) is 0 Å². The number of hydrogen-bond donors (Lipinski definition) is 1. The quantitative estimate of drug-likeness (QED) is 0.782. The number of ether oxygens (including phenoxy) is 1. The lowest BCUT2D eigenvalue weighted by Gasteiger charge is -2.27. The zero-order valence-electron chi connectivity index (χ0n) is 8.58. The van der Waals surface area contributed by atoms with Gasteiger partial charge in [-0.05, 0) is 6.92 Å². The normalized spacial score (nSPS) is 16.4. The predicted octanol–water partition coefficient (Wildman–Crippen LogP) is 1.16. The summed E-state index contributed by atoms with van der Waals surface area (Å²) in [5.74, 6) is 1.82. The molecule has 1 aromatic heterocycles. The Hall–Kier alpha value is -1.16. The molecule has 0 saturated carbocycles. The fraction of sp³-hybridized carbons (Fsp3) is 0.600. The molecule has 0 aliphatic carbocycles. The first-order valence-corrected chi connectivity index (χ1v) is 4.96. The number of hydrogen-bond acceptors (Lipinski definition) is 4. The molecule has 0 aromatic carbocycles. The molecule has 1 N–H and O–H groups in total. The van der Waals surface area contributed by atoms with E-state index in [4.69, 9.17) is 4.74 Å². The van der Waals surface area contributed by atoms with Gasteiger partial charge < -0.3 is 10.1 Å². The van der Waals surface area contributed by atoms with E-state index in [0.29, 0.717) is 6.04 Å². The Balaban J connectivity index is 2.11. The largest absolute Gasteiger partial charge is 0.377 e. The molecule has 2 heterocycles. The lowest BCUT2D eigenvalue weighted by Crippen LogP contribution is -2.40. The number of anilines is 1. The van der Waals surface area contributed by atoms with E-state index in [9.17, 15) is 0 Å². The molecule has 0 unspecified atom stereocenters. The smallest absolute Gasteiger partial charge is 0.130 e. The topological polar surface area (TPSA) is 47.0 Å². The summed E-state index contributed by atoms with van der Waals surface area (Å²) < 4.78 is 5.09. The van der Waals surface area contributed by atoms with Crippen LogP contribution in [0.2, 0.25) is 0 Å². The van der Waals surface area contributed by atoms with Gasteiger partial charge in [-0.1, -0.05) is 6.92 Å². The van der Waals surface area contributed by atoms with Crippen LogP contribution in [0, 0.1) is 6.92 Å². The molecule has 76 valence electrons. The van der Waals surface area contributed by atoms with Crippen LogP contribution in [-0.2, 0) is 11.2 Å². The lowest BCUT2D eigenvalue weighted by atomic mass is 10.2. The van der Waals surface area contributed by atoms with E-state index in [1.165, 1.54) is 0 Å². The average molecular weight is 193 g/mol. The molecule has 0 amide bonds. The third kappa shape index (κ3) is 2.01. The maximum absolute atomic E-state index is 5.09. The molecule has 4 nitrogen and oxygen atoms in total. The molecule has 0 atom stereocenters.